The summed E-state index contributed by atoms with van der Waals surface area (Å²) in [6.07, 6.45) is 3.03. The summed E-state index contributed by atoms with van der Waals surface area (Å²) in [6, 6.07) is 10.3. The summed E-state index contributed by atoms with van der Waals surface area (Å²) >= 11 is 0. The molecule has 2 unspecified atom stereocenters. The Morgan fingerprint density at radius 3 is 2.83 bits per heavy atom. The molecule has 3 heteroatoms. The molecule has 0 bridgehead atoms. The van der Waals surface area contributed by atoms with E-state index in [4.69, 9.17) is 0 Å². The zero-order valence-corrected chi connectivity index (χ0v) is 11.0. The fraction of sp³-hybridized carbons (Fsp3) is 0.533. The first kappa shape index (κ1) is 13.1. The van der Waals surface area contributed by atoms with Crippen molar-refractivity contribution in [1.29, 1.82) is 0 Å². The van der Waals surface area contributed by atoms with Gasteiger partial charge in [-0.15, -0.1) is 0 Å². The molecule has 0 saturated carbocycles. The summed E-state index contributed by atoms with van der Waals surface area (Å²) in [7, 11) is 0. The van der Waals surface area contributed by atoms with Crippen LogP contribution in [-0.2, 0) is 4.79 Å². The van der Waals surface area contributed by atoms with E-state index in [-0.39, 0.29) is 17.9 Å². The number of nitrogens with one attached hydrogen (secondary N) is 2. The molecule has 1 fully saturated rings. The van der Waals surface area contributed by atoms with Crippen molar-refractivity contribution in [2.24, 2.45) is 5.92 Å². The lowest BCUT2D eigenvalue weighted by Crippen LogP contribution is -2.41. The molecule has 2 atom stereocenters. The lowest BCUT2D eigenvalue weighted by molar-refractivity contribution is -0.126. The number of amides is 1. The van der Waals surface area contributed by atoms with Crippen LogP contribution in [0.4, 0.5) is 0 Å². The van der Waals surface area contributed by atoms with E-state index >= 15 is 0 Å². The van der Waals surface area contributed by atoms with Crippen LogP contribution < -0.4 is 10.6 Å². The van der Waals surface area contributed by atoms with Gasteiger partial charge in [-0.2, -0.15) is 0 Å². The molecular formula is C15H22N2O. The Bertz CT molecular complexity index is 371. The van der Waals surface area contributed by atoms with Crippen molar-refractivity contribution in [2.45, 2.75) is 32.2 Å². The number of benzene rings is 1. The van der Waals surface area contributed by atoms with Gasteiger partial charge < -0.3 is 10.6 Å². The van der Waals surface area contributed by atoms with Crippen molar-refractivity contribution < 1.29 is 4.79 Å². The van der Waals surface area contributed by atoms with Gasteiger partial charge in [0.2, 0.25) is 5.91 Å². The molecule has 1 aliphatic heterocycles. The second-order valence-corrected chi connectivity index (χ2v) is 4.92. The molecule has 3 nitrogen and oxygen atoms in total. The van der Waals surface area contributed by atoms with Crippen molar-refractivity contribution in [3.8, 4) is 0 Å². The number of piperidine rings is 1. The summed E-state index contributed by atoms with van der Waals surface area (Å²) in [5, 5.41) is 6.46. The van der Waals surface area contributed by atoms with Gasteiger partial charge >= 0.3 is 0 Å². The molecule has 18 heavy (non-hydrogen) atoms. The van der Waals surface area contributed by atoms with Gasteiger partial charge in [-0.05, 0) is 31.4 Å². The first-order valence-corrected chi connectivity index (χ1v) is 6.87. The Labute approximate surface area is 109 Å². The Morgan fingerprint density at radius 2 is 2.22 bits per heavy atom. The number of carbonyl (C=O) groups is 1. The van der Waals surface area contributed by atoms with Crippen molar-refractivity contribution in [1.82, 2.24) is 10.6 Å². The summed E-state index contributed by atoms with van der Waals surface area (Å²) < 4.78 is 0. The first-order valence-electron chi connectivity index (χ1n) is 6.87. The summed E-state index contributed by atoms with van der Waals surface area (Å²) in [5.74, 6) is 0.328. The van der Waals surface area contributed by atoms with Crippen molar-refractivity contribution >= 4 is 5.91 Å². The lowest BCUT2D eigenvalue weighted by atomic mass is 9.97. The maximum absolute atomic E-state index is 12.2. The Morgan fingerprint density at radius 1 is 1.44 bits per heavy atom. The SMILES string of the molecule is CCC(NC(=O)C1CCCNC1)c1ccccc1. The van der Waals surface area contributed by atoms with Crippen LogP contribution in [0.3, 0.4) is 0 Å². The van der Waals surface area contributed by atoms with Gasteiger partial charge in [-0.25, -0.2) is 0 Å². The Hall–Kier alpha value is -1.35. The van der Waals surface area contributed by atoms with Crippen molar-refractivity contribution in [3.63, 3.8) is 0 Å². The van der Waals surface area contributed by atoms with E-state index in [0.717, 1.165) is 32.4 Å². The van der Waals surface area contributed by atoms with E-state index in [0.29, 0.717) is 0 Å². The highest BCUT2D eigenvalue weighted by molar-refractivity contribution is 5.79. The Balaban J connectivity index is 1.95. The van der Waals surface area contributed by atoms with Crippen LogP contribution in [0.25, 0.3) is 0 Å². The second kappa shape index (κ2) is 6.55. The first-order chi connectivity index (χ1) is 8.81. The van der Waals surface area contributed by atoms with Crippen molar-refractivity contribution in [3.05, 3.63) is 35.9 Å². The molecule has 1 amide bonds. The number of hydrogen-bond acceptors (Lipinski definition) is 2. The normalized spacial score (nSPS) is 21.3. The molecule has 0 aliphatic carbocycles. The van der Waals surface area contributed by atoms with E-state index in [1.807, 2.05) is 18.2 Å². The number of carbonyl (C=O) groups excluding carboxylic acids is 1. The molecule has 1 saturated heterocycles. The van der Waals surface area contributed by atoms with Gasteiger partial charge in [0.25, 0.3) is 0 Å². The van der Waals surface area contributed by atoms with E-state index in [2.05, 4.69) is 29.7 Å². The van der Waals surface area contributed by atoms with Crippen LogP contribution in [0.15, 0.2) is 30.3 Å². The third kappa shape index (κ3) is 3.33. The molecule has 98 valence electrons. The smallest absolute Gasteiger partial charge is 0.224 e. The Kier molecular flexibility index (Phi) is 4.76. The zero-order valence-electron chi connectivity index (χ0n) is 11.0. The second-order valence-electron chi connectivity index (χ2n) is 4.92. The highest BCUT2D eigenvalue weighted by Gasteiger charge is 2.23. The molecule has 1 aliphatic rings. The molecule has 2 rings (SSSR count). The molecule has 2 N–H and O–H groups in total. The monoisotopic (exact) mass is 246 g/mol. The number of hydrogen-bond donors (Lipinski definition) is 2. The molecule has 1 aromatic rings. The third-order valence-electron chi connectivity index (χ3n) is 3.59. The van der Waals surface area contributed by atoms with Crippen LogP contribution in [0.2, 0.25) is 0 Å². The van der Waals surface area contributed by atoms with Crippen molar-refractivity contribution in [2.75, 3.05) is 13.1 Å². The predicted molar refractivity (Wildman–Crippen MR) is 73.2 cm³/mol. The van der Waals surface area contributed by atoms with E-state index in [1.54, 1.807) is 0 Å². The van der Waals surface area contributed by atoms with Crippen LogP contribution in [-0.4, -0.2) is 19.0 Å². The van der Waals surface area contributed by atoms with Crippen LogP contribution in [0.5, 0.6) is 0 Å². The quantitative estimate of drug-likeness (QED) is 0.855. The minimum Gasteiger partial charge on any atom is -0.349 e. The minimum atomic E-state index is 0.136. The summed E-state index contributed by atoms with van der Waals surface area (Å²) in [6.45, 7) is 3.97. The van der Waals surface area contributed by atoms with Gasteiger partial charge in [0.05, 0.1) is 12.0 Å². The minimum absolute atomic E-state index is 0.136. The predicted octanol–water partition coefficient (Wildman–Crippen LogP) is 2.25. The summed E-state index contributed by atoms with van der Waals surface area (Å²) in [4.78, 5) is 12.2. The van der Waals surface area contributed by atoms with Crippen LogP contribution in [0.1, 0.15) is 37.8 Å². The zero-order chi connectivity index (χ0) is 12.8. The average Bonchev–Trinajstić information content (AvgIpc) is 2.46. The molecule has 0 aromatic heterocycles. The topological polar surface area (TPSA) is 41.1 Å². The van der Waals surface area contributed by atoms with Crippen LogP contribution >= 0.6 is 0 Å². The lowest BCUT2D eigenvalue weighted by Gasteiger charge is -2.25. The molecule has 0 radical (unpaired) electrons. The largest absolute Gasteiger partial charge is 0.349 e. The highest BCUT2D eigenvalue weighted by Crippen LogP contribution is 2.18. The van der Waals surface area contributed by atoms with Gasteiger partial charge in [0.15, 0.2) is 0 Å². The molecule has 0 spiro atoms. The molecule has 1 heterocycles. The fourth-order valence-electron chi connectivity index (χ4n) is 2.47. The number of rotatable bonds is 4. The van der Waals surface area contributed by atoms with Crippen LogP contribution in [0, 0.1) is 5.92 Å². The summed E-state index contributed by atoms with van der Waals surface area (Å²) in [5.41, 5.74) is 1.19. The molecular weight excluding hydrogens is 224 g/mol. The third-order valence-corrected chi connectivity index (χ3v) is 3.59. The van der Waals surface area contributed by atoms with Gasteiger partial charge in [0, 0.05) is 6.54 Å². The van der Waals surface area contributed by atoms with Gasteiger partial charge in [-0.3, -0.25) is 4.79 Å². The standard InChI is InChI=1S/C15H22N2O/c1-2-14(12-7-4-3-5-8-12)17-15(18)13-9-6-10-16-11-13/h3-5,7-8,13-14,16H,2,6,9-11H2,1H3,(H,17,18). The van der Waals surface area contributed by atoms with E-state index < -0.39 is 0 Å². The van der Waals surface area contributed by atoms with Gasteiger partial charge in [0.1, 0.15) is 0 Å². The maximum Gasteiger partial charge on any atom is 0.224 e. The van der Waals surface area contributed by atoms with E-state index in [1.165, 1.54) is 5.56 Å². The average molecular weight is 246 g/mol. The fourth-order valence-corrected chi connectivity index (χ4v) is 2.47. The maximum atomic E-state index is 12.2. The molecule has 1 aromatic carbocycles. The van der Waals surface area contributed by atoms with Gasteiger partial charge in [-0.1, -0.05) is 37.3 Å². The highest BCUT2D eigenvalue weighted by atomic mass is 16.2. The van der Waals surface area contributed by atoms with E-state index in [9.17, 15) is 4.79 Å².